The number of piperidine rings is 1. The molecule has 1 fully saturated rings. The van der Waals surface area contributed by atoms with Crippen LogP contribution in [-0.2, 0) is 13.0 Å². The van der Waals surface area contributed by atoms with Crippen LogP contribution in [0.15, 0.2) is 73.1 Å². The molecular weight excluding hydrogens is 408 g/mol. The number of likely N-dealkylation sites (tertiary alicyclic amines) is 1. The Morgan fingerprint density at radius 1 is 1.00 bits per heavy atom. The lowest BCUT2D eigenvalue weighted by molar-refractivity contribution is 0.0997. The van der Waals surface area contributed by atoms with E-state index in [2.05, 4.69) is 81.6 Å². The van der Waals surface area contributed by atoms with Crippen LogP contribution in [0.3, 0.4) is 0 Å². The number of pyridine rings is 1. The molecule has 1 aromatic heterocycles. The van der Waals surface area contributed by atoms with Crippen LogP contribution in [0.5, 0.6) is 0 Å². The number of amides is 2. The van der Waals surface area contributed by atoms with E-state index >= 15 is 0 Å². The minimum absolute atomic E-state index is 0.0572. The maximum Gasteiger partial charge on any atom is 0.318 e. The third kappa shape index (κ3) is 4.64. The summed E-state index contributed by atoms with van der Waals surface area (Å²) < 4.78 is 0. The highest BCUT2D eigenvalue weighted by atomic mass is 16.2. The zero-order chi connectivity index (χ0) is 22.6. The van der Waals surface area contributed by atoms with Crippen molar-refractivity contribution >= 4 is 6.03 Å². The second-order valence-corrected chi connectivity index (χ2v) is 9.21. The predicted molar refractivity (Wildman–Crippen MR) is 131 cm³/mol. The van der Waals surface area contributed by atoms with Gasteiger partial charge in [0.1, 0.15) is 0 Å². The number of hydrogen-bond acceptors (Lipinski definition) is 3. The van der Waals surface area contributed by atoms with Crippen LogP contribution < -0.4 is 5.32 Å². The number of aromatic nitrogens is 1. The van der Waals surface area contributed by atoms with E-state index in [1.807, 2.05) is 18.5 Å². The lowest BCUT2D eigenvalue weighted by atomic mass is 9.89. The molecule has 0 saturated carbocycles. The van der Waals surface area contributed by atoms with Crippen molar-refractivity contribution in [2.45, 2.75) is 44.8 Å². The molecule has 1 atom stereocenters. The fraction of sp³-hybridized carbons (Fsp3) is 0.357. The third-order valence-corrected chi connectivity index (χ3v) is 7.13. The lowest BCUT2D eigenvalue weighted by Crippen LogP contribution is -2.53. The molecule has 3 heterocycles. The van der Waals surface area contributed by atoms with Gasteiger partial charge in [-0.3, -0.25) is 9.88 Å². The van der Waals surface area contributed by atoms with Gasteiger partial charge in [-0.2, -0.15) is 0 Å². The first kappa shape index (κ1) is 21.7. The van der Waals surface area contributed by atoms with Gasteiger partial charge in [0, 0.05) is 44.6 Å². The molecule has 0 radical (unpaired) electrons. The van der Waals surface area contributed by atoms with Crippen LogP contribution in [0.1, 0.15) is 46.7 Å². The molecule has 170 valence electrons. The average molecular weight is 441 g/mol. The van der Waals surface area contributed by atoms with Gasteiger partial charge < -0.3 is 10.2 Å². The fourth-order valence-electron chi connectivity index (χ4n) is 5.32. The number of nitrogens with one attached hydrogen (secondary N) is 1. The smallest absolute Gasteiger partial charge is 0.318 e. The molecule has 2 aliphatic rings. The minimum atomic E-state index is -0.0679. The predicted octanol–water partition coefficient (Wildman–Crippen LogP) is 4.71. The van der Waals surface area contributed by atoms with Crippen LogP contribution >= 0.6 is 0 Å². The molecule has 2 aromatic carbocycles. The van der Waals surface area contributed by atoms with Crippen molar-refractivity contribution in [1.82, 2.24) is 20.1 Å². The Labute approximate surface area is 196 Å². The second kappa shape index (κ2) is 9.75. The van der Waals surface area contributed by atoms with Gasteiger partial charge in [-0.15, -0.1) is 0 Å². The van der Waals surface area contributed by atoms with Gasteiger partial charge in [0.05, 0.1) is 6.04 Å². The first-order chi connectivity index (χ1) is 16.2. The van der Waals surface area contributed by atoms with Crippen molar-refractivity contribution in [3.8, 4) is 0 Å². The molecular formula is C28H32N4O. The fourth-order valence-corrected chi connectivity index (χ4v) is 5.32. The van der Waals surface area contributed by atoms with Gasteiger partial charge in [-0.1, -0.05) is 54.6 Å². The van der Waals surface area contributed by atoms with Crippen LogP contribution in [0, 0.1) is 6.92 Å². The molecule has 3 aromatic rings. The summed E-state index contributed by atoms with van der Waals surface area (Å²) in [5.74, 6) is 0. The first-order valence-electron chi connectivity index (χ1n) is 12.0. The van der Waals surface area contributed by atoms with Crippen molar-refractivity contribution in [2.75, 3.05) is 19.6 Å². The normalized spacial score (nSPS) is 20.0. The van der Waals surface area contributed by atoms with Crippen molar-refractivity contribution in [2.24, 2.45) is 0 Å². The summed E-state index contributed by atoms with van der Waals surface area (Å²) in [6, 6.07) is 21.5. The Bertz CT molecular complexity index is 1090. The largest absolute Gasteiger partial charge is 0.338 e. The molecule has 1 unspecified atom stereocenters. The van der Waals surface area contributed by atoms with E-state index in [4.69, 9.17) is 0 Å². The monoisotopic (exact) mass is 440 g/mol. The highest BCUT2D eigenvalue weighted by Gasteiger charge is 2.36. The second-order valence-electron chi connectivity index (χ2n) is 9.21. The summed E-state index contributed by atoms with van der Waals surface area (Å²) in [4.78, 5) is 22.3. The van der Waals surface area contributed by atoms with Crippen LogP contribution in [0.4, 0.5) is 4.79 Å². The summed E-state index contributed by atoms with van der Waals surface area (Å²) in [5.41, 5.74) is 6.33. The number of carbonyl (C=O) groups excluding carboxylic acids is 1. The molecule has 0 spiro atoms. The molecule has 5 nitrogen and oxygen atoms in total. The van der Waals surface area contributed by atoms with E-state index < -0.39 is 0 Å². The molecule has 0 aliphatic carbocycles. The summed E-state index contributed by atoms with van der Waals surface area (Å²) >= 11 is 0. The Morgan fingerprint density at radius 2 is 1.76 bits per heavy atom. The molecule has 5 rings (SSSR count). The van der Waals surface area contributed by atoms with Crippen molar-refractivity contribution in [1.29, 1.82) is 0 Å². The zero-order valence-electron chi connectivity index (χ0n) is 19.3. The molecule has 5 heteroatoms. The standard InChI is InChI=1S/C28H32N4O/c1-21-19-29-15-11-24(21)20-31-17-13-25(14-18-31)32-27(23-8-3-2-4-9-23)26-10-6-5-7-22(26)12-16-30-28(32)33/h2-11,15,19,25,27H,12-14,16-18,20H2,1H3,(H,30,33). The van der Waals surface area contributed by atoms with Gasteiger partial charge in [0.15, 0.2) is 0 Å². The van der Waals surface area contributed by atoms with E-state index in [1.165, 1.54) is 27.8 Å². The van der Waals surface area contributed by atoms with E-state index in [-0.39, 0.29) is 18.1 Å². The number of fused-ring (bicyclic) bond motifs is 1. The lowest BCUT2D eigenvalue weighted by Gasteiger charge is -2.44. The number of benzene rings is 2. The number of hydrogen-bond donors (Lipinski definition) is 1. The van der Waals surface area contributed by atoms with Crippen LogP contribution in [0.2, 0.25) is 0 Å². The topological polar surface area (TPSA) is 48.5 Å². The molecule has 1 saturated heterocycles. The Balaban J connectivity index is 1.42. The minimum Gasteiger partial charge on any atom is -0.338 e. The number of carbonyl (C=O) groups is 1. The first-order valence-corrected chi connectivity index (χ1v) is 12.0. The molecule has 0 bridgehead atoms. The van der Waals surface area contributed by atoms with Gasteiger partial charge in [0.2, 0.25) is 0 Å². The summed E-state index contributed by atoms with van der Waals surface area (Å²) in [6.45, 7) is 5.71. The quantitative estimate of drug-likeness (QED) is 0.639. The molecule has 2 amide bonds. The number of rotatable bonds is 4. The number of nitrogens with zero attached hydrogens (tertiary/aromatic N) is 3. The van der Waals surface area contributed by atoms with Crippen LogP contribution in [0.25, 0.3) is 0 Å². The van der Waals surface area contributed by atoms with Crippen molar-refractivity contribution in [3.63, 3.8) is 0 Å². The van der Waals surface area contributed by atoms with E-state index in [1.54, 1.807) is 0 Å². The zero-order valence-corrected chi connectivity index (χ0v) is 19.3. The van der Waals surface area contributed by atoms with Gasteiger partial charge in [-0.05, 0) is 60.1 Å². The third-order valence-electron chi connectivity index (χ3n) is 7.13. The van der Waals surface area contributed by atoms with E-state index in [0.29, 0.717) is 6.54 Å². The summed E-state index contributed by atoms with van der Waals surface area (Å²) in [7, 11) is 0. The van der Waals surface area contributed by atoms with E-state index in [0.717, 1.165) is 38.9 Å². The Hall–Kier alpha value is -3.18. The maximum absolute atomic E-state index is 13.5. The van der Waals surface area contributed by atoms with Gasteiger partial charge >= 0.3 is 6.03 Å². The number of aryl methyl sites for hydroxylation is 1. The Morgan fingerprint density at radius 3 is 2.55 bits per heavy atom. The molecule has 1 N–H and O–H groups in total. The van der Waals surface area contributed by atoms with Crippen molar-refractivity contribution < 1.29 is 4.79 Å². The summed E-state index contributed by atoms with van der Waals surface area (Å²) in [5, 5.41) is 3.20. The molecule has 33 heavy (non-hydrogen) atoms. The highest BCUT2D eigenvalue weighted by Crippen LogP contribution is 2.36. The van der Waals surface area contributed by atoms with Crippen molar-refractivity contribution in [3.05, 3.63) is 101 Å². The SMILES string of the molecule is Cc1cnccc1CN1CCC(N2C(=O)NCCc3ccccc3C2c2ccccc2)CC1. The Kier molecular flexibility index (Phi) is 6.40. The number of urea groups is 1. The summed E-state index contributed by atoms with van der Waals surface area (Å²) in [6.07, 6.45) is 6.63. The average Bonchev–Trinajstić information content (AvgIpc) is 2.84. The molecule has 2 aliphatic heterocycles. The maximum atomic E-state index is 13.5. The highest BCUT2D eigenvalue weighted by molar-refractivity contribution is 5.76. The van der Waals surface area contributed by atoms with Gasteiger partial charge in [-0.25, -0.2) is 4.79 Å². The van der Waals surface area contributed by atoms with Crippen LogP contribution in [-0.4, -0.2) is 46.5 Å². The van der Waals surface area contributed by atoms with Gasteiger partial charge in [0.25, 0.3) is 0 Å². The van der Waals surface area contributed by atoms with E-state index in [9.17, 15) is 4.79 Å².